The van der Waals surface area contributed by atoms with Crippen LogP contribution in [0.4, 0.5) is 0 Å². The zero-order chi connectivity index (χ0) is 22.8. The third-order valence-electron chi connectivity index (χ3n) is 4.62. The van der Waals surface area contributed by atoms with E-state index in [1.54, 1.807) is 20.9 Å². The number of likely N-dealkylation sites (N-methyl/N-ethyl adjacent to an activating group) is 2. The Bertz CT molecular complexity index is 533. The second-order valence-corrected chi connectivity index (χ2v) is 8.39. The topological polar surface area (TPSA) is 116 Å². The second kappa shape index (κ2) is 12.8. The Morgan fingerprint density at radius 2 is 1.66 bits per heavy atom. The molecule has 0 aliphatic rings. The van der Waals surface area contributed by atoms with E-state index in [9.17, 15) is 19.5 Å². The number of rotatable bonds is 14. The highest BCUT2D eigenvalue weighted by Crippen LogP contribution is 2.17. The molecule has 9 heteroatoms. The molecule has 0 bridgehead atoms. The fourth-order valence-corrected chi connectivity index (χ4v) is 2.88. The number of nitrogens with two attached hydrogens (primary N) is 1. The van der Waals surface area contributed by atoms with Crippen LogP contribution in [0.3, 0.4) is 0 Å². The van der Waals surface area contributed by atoms with Gasteiger partial charge in [0.2, 0.25) is 17.7 Å². The van der Waals surface area contributed by atoms with Crippen molar-refractivity contribution in [2.45, 2.75) is 64.1 Å². The molecule has 0 aromatic carbocycles. The van der Waals surface area contributed by atoms with Crippen molar-refractivity contribution in [3.63, 3.8) is 0 Å². The molecule has 0 aliphatic heterocycles. The first-order chi connectivity index (χ1) is 13.3. The van der Waals surface area contributed by atoms with E-state index in [4.69, 9.17) is 10.5 Å². The summed E-state index contributed by atoms with van der Waals surface area (Å²) in [5.74, 6) is -1.33. The number of carbonyl (C=O) groups excluding carboxylic acids is 3. The van der Waals surface area contributed by atoms with E-state index in [-0.39, 0.29) is 18.9 Å². The SMILES string of the molecule is CCCC(=O)N(C)[C@H](COCCCN(C)C)C(=O)N(C)[C@@H](CC(C)(C)O)C(N)=O. The number of hydrogen-bond acceptors (Lipinski definition) is 6. The maximum Gasteiger partial charge on any atom is 0.248 e. The summed E-state index contributed by atoms with van der Waals surface area (Å²) in [6.45, 7) is 6.30. The highest BCUT2D eigenvalue weighted by Gasteiger charge is 2.36. The summed E-state index contributed by atoms with van der Waals surface area (Å²) in [5, 5.41) is 10.1. The Morgan fingerprint density at radius 3 is 2.10 bits per heavy atom. The van der Waals surface area contributed by atoms with Gasteiger partial charge in [-0.3, -0.25) is 14.4 Å². The van der Waals surface area contributed by atoms with Crippen LogP contribution >= 0.6 is 0 Å². The van der Waals surface area contributed by atoms with E-state index in [1.165, 1.54) is 16.8 Å². The standard InChI is InChI=1S/C20H40N4O5/c1-8-10-17(25)23(6)16(14-29-12-9-11-22(4)5)19(27)24(7)15(18(21)26)13-20(2,3)28/h15-16,28H,8-14H2,1-7H3,(H2,21,26)/t15-,16+/m0/s1. The first kappa shape index (κ1) is 27.3. The minimum absolute atomic E-state index is 0.00634. The maximum absolute atomic E-state index is 13.2. The summed E-state index contributed by atoms with van der Waals surface area (Å²) in [7, 11) is 6.95. The van der Waals surface area contributed by atoms with Gasteiger partial charge in [-0.05, 0) is 47.3 Å². The largest absolute Gasteiger partial charge is 0.390 e. The molecular weight excluding hydrogens is 376 g/mol. The maximum atomic E-state index is 13.2. The fourth-order valence-electron chi connectivity index (χ4n) is 2.88. The van der Waals surface area contributed by atoms with Crippen molar-refractivity contribution < 1.29 is 24.2 Å². The number of ether oxygens (including phenoxy) is 1. The number of carbonyl (C=O) groups is 3. The number of primary amides is 1. The average molecular weight is 417 g/mol. The molecule has 0 aliphatic carbocycles. The zero-order valence-corrected chi connectivity index (χ0v) is 19.1. The van der Waals surface area contributed by atoms with Crippen molar-refractivity contribution >= 4 is 17.7 Å². The summed E-state index contributed by atoms with van der Waals surface area (Å²) < 4.78 is 5.67. The van der Waals surface area contributed by atoms with Gasteiger partial charge in [-0.2, -0.15) is 0 Å². The smallest absolute Gasteiger partial charge is 0.248 e. The Balaban J connectivity index is 5.35. The molecule has 29 heavy (non-hydrogen) atoms. The quantitative estimate of drug-likeness (QED) is 0.387. The minimum Gasteiger partial charge on any atom is -0.390 e. The number of hydrogen-bond donors (Lipinski definition) is 2. The van der Waals surface area contributed by atoms with Crippen molar-refractivity contribution in [2.75, 3.05) is 47.9 Å². The molecule has 0 heterocycles. The lowest BCUT2D eigenvalue weighted by Gasteiger charge is -2.35. The highest BCUT2D eigenvalue weighted by molar-refractivity contribution is 5.91. The lowest BCUT2D eigenvalue weighted by Crippen LogP contribution is -2.56. The first-order valence-electron chi connectivity index (χ1n) is 10.1. The van der Waals surface area contributed by atoms with Crippen molar-refractivity contribution in [1.82, 2.24) is 14.7 Å². The predicted molar refractivity (Wildman–Crippen MR) is 112 cm³/mol. The molecule has 2 atom stereocenters. The van der Waals surface area contributed by atoms with E-state index in [0.717, 1.165) is 13.0 Å². The van der Waals surface area contributed by atoms with Crippen LogP contribution in [0.2, 0.25) is 0 Å². The number of amides is 3. The summed E-state index contributed by atoms with van der Waals surface area (Å²) in [4.78, 5) is 42.1. The predicted octanol–water partition coefficient (Wildman–Crippen LogP) is 0.0551. The van der Waals surface area contributed by atoms with E-state index >= 15 is 0 Å². The fraction of sp³-hybridized carbons (Fsp3) is 0.850. The third-order valence-corrected chi connectivity index (χ3v) is 4.62. The molecule has 9 nitrogen and oxygen atoms in total. The molecule has 0 rings (SSSR count). The molecule has 0 spiro atoms. The normalized spacial score (nSPS) is 13.8. The van der Waals surface area contributed by atoms with Crippen molar-refractivity contribution in [3.8, 4) is 0 Å². The molecule has 3 N–H and O–H groups in total. The Morgan fingerprint density at radius 1 is 1.07 bits per heavy atom. The summed E-state index contributed by atoms with van der Waals surface area (Å²) in [6, 6.07) is -1.87. The van der Waals surface area contributed by atoms with Gasteiger partial charge in [0.15, 0.2) is 0 Å². The molecular formula is C20H40N4O5. The van der Waals surface area contributed by atoms with Crippen LogP contribution in [-0.2, 0) is 19.1 Å². The highest BCUT2D eigenvalue weighted by atomic mass is 16.5. The second-order valence-electron chi connectivity index (χ2n) is 8.39. The monoisotopic (exact) mass is 416 g/mol. The van der Waals surface area contributed by atoms with Gasteiger partial charge in [0.05, 0.1) is 12.2 Å². The molecule has 0 radical (unpaired) electrons. The van der Waals surface area contributed by atoms with E-state index in [1.807, 2.05) is 25.9 Å². The van der Waals surface area contributed by atoms with Crippen LogP contribution in [0, 0.1) is 0 Å². The summed E-state index contributed by atoms with van der Waals surface area (Å²) in [6.07, 6.45) is 1.76. The Hall–Kier alpha value is -1.71. The van der Waals surface area contributed by atoms with Crippen LogP contribution in [0.1, 0.15) is 46.5 Å². The Kier molecular flexibility index (Phi) is 12.0. The van der Waals surface area contributed by atoms with Crippen LogP contribution in [0.5, 0.6) is 0 Å². The molecule has 0 fully saturated rings. The lowest BCUT2D eigenvalue weighted by atomic mass is 9.97. The van der Waals surface area contributed by atoms with Gasteiger partial charge in [-0.1, -0.05) is 6.92 Å². The van der Waals surface area contributed by atoms with Gasteiger partial charge in [0.25, 0.3) is 0 Å². The molecule has 170 valence electrons. The lowest BCUT2D eigenvalue weighted by molar-refractivity contribution is -0.150. The van der Waals surface area contributed by atoms with Crippen molar-refractivity contribution in [2.24, 2.45) is 5.73 Å². The van der Waals surface area contributed by atoms with Gasteiger partial charge in [0.1, 0.15) is 12.1 Å². The summed E-state index contributed by atoms with van der Waals surface area (Å²) in [5.41, 5.74) is 4.29. The van der Waals surface area contributed by atoms with E-state index in [2.05, 4.69) is 0 Å². The van der Waals surface area contributed by atoms with Crippen LogP contribution in [-0.4, -0.2) is 103 Å². The van der Waals surface area contributed by atoms with Gasteiger partial charge in [0, 0.05) is 33.5 Å². The van der Waals surface area contributed by atoms with Crippen LogP contribution in [0.15, 0.2) is 0 Å². The van der Waals surface area contributed by atoms with Crippen LogP contribution < -0.4 is 5.73 Å². The van der Waals surface area contributed by atoms with Crippen molar-refractivity contribution in [1.29, 1.82) is 0 Å². The molecule has 0 unspecified atom stereocenters. The van der Waals surface area contributed by atoms with Crippen molar-refractivity contribution in [3.05, 3.63) is 0 Å². The van der Waals surface area contributed by atoms with Gasteiger partial charge in [-0.25, -0.2) is 0 Å². The van der Waals surface area contributed by atoms with E-state index in [0.29, 0.717) is 19.4 Å². The van der Waals surface area contributed by atoms with Gasteiger partial charge < -0.3 is 30.3 Å². The first-order valence-corrected chi connectivity index (χ1v) is 10.1. The molecule has 0 saturated carbocycles. The van der Waals surface area contributed by atoms with Gasteiger partial charge in [-0.15, -0.1) is 0 Å². The average Bonchev–Trinajstić information content (AvgIpc) is 2.60. The third kappa shape index (κ3) is 10.6. The van der Waals surface area contributed by atoms with E-state index < -0.39 is 29.5 Å². The zero-order valence-electron chi connectivity index (χ0n) is 19.1. The minimum atomic E-state index is -1.18. The number of aliphatic hydroxyl groups is 1. The summed E-state index contributed by atoms with van der Waals surface area (Å²) >= 11 is 0. The van der Waals surface area contributed by atoms with Crippen LogP contribution in [0.25, 0.3) is 0 Å². The molecule has 3 amide bonds. The Labute approximate surface area is 175 Å². The molecule has 0 aromatic rings. The number of nitrogens with zero attached hydrogens (tertiary/aromatic N) is 3. The molecule has 0 aromatic heterocycles. The molecule has 0 saturated heterocycles. The van der Waals surface area contributed by atoms with Gasteiger partial charge >= 0.3 is 0 Å².